The van der Waals surface area contributed by atoms with E-state index in [-0.39, 0.29) is 18.3 Å². The summed E-state index contributed by atoms with van der Waals surface area (Å²) in [7, 11) is 1.97. The van der Waals surface area contributed by atoms with Crippen molar-refractivity contribution < 1.29 is 14.3 Å². The molecule has 1 fully saturated rings. The number of carbonyl (C=O) groups excluding carboxylic acids is 1. The van der Waals surface area contributed by atoms with Crippen LogP contribution in [0, 0.1) is 0 Å². The minimum Gasteiger partial charge on any atom is -0.489 e. The van der Waals surface area contributed by atoms with Gasteiger partial charge in [0.15, 0.2) is 5.75 Å². The van der Waals surface area contributed by atoms with Gasteiger partial charge in [-0.2, -0.15) is 0 Å². The topological polar surface area (TPSA) is 54.0 Å². The van der Waals surface area contributed by atoms with Crippen molar-refractivity contribution in [2.75, 3.05) is 64.5 Å². The molecule has 3 rings (SSSR count). The highest BCUT2D eigenvalue weighted by molar-refractivity contribution is 6.31. The van der Waals surface area contributed by atoms with E-state index in [1.165, 1.54) is 0 Å². The zero-order chi connectivity index (χ0) is 16.2. The van der Waals surface area contributed by atoms with Crippen LogP contribution in [0.2, 0.25) is 5.02 Å². The first-order chi connectivity index (χ1) is 11.1. The number of benzene rings is 1. The number of halogens is 2. The van der Waals surface area contributed by atoms with E-state index in [1.807, 2.05) is 13.1 Å². The van der Waals surface area contributed by atoms with Gasteiger partial charge in [0.05, 0.1) is 31.0 Å². The summed E-state index contributed by atoms with van der Waals surface area (Å²) >= 11 is 6.16. The molecule has 0 atom stereocenters. The van der Waals surface area contributed by atoms with Crippen LogP contribution in [0.4, 0.5) is 5.69 Å². The highest BCUT2D eigenvalue weighted by Crippen LogP contribution is 2.37. The Bertz CT molecular complexity index is 580. The van der Waals surface area contributed by atoms with Crippen LogP contribution in [0.3, 0.4) is 0 Å². The Balaban J connectivity index is 0.00000208. The van der Waals surface area contributed by atoms with Gasteiger partial charge in [0.2, 0.25) is 0 Å². The fraction of sp³-hybridized carbons (Fsp3) is 0.562. The van der Waals surface area contributed by atoms with Crippen molar-refractivity contribution in [3.05, 3.63) is 22.7 Å². The number of amides is 1. The van der Waals surface area contributed by atoms with Gasteiger partial charge in [0.1, 0.15) is 6.61 Å². The number of likely N-dealkylation sites (N-methyl/N-ethyl adjacent to an activating group) is 1. The van der Waals surface area contributed by atoms with Crippen LogP contribution in [-0.4, -0.2) is 70.4 Å². The van der Waals surface area contributed by atoms with E-state index in [1.54, 1.807) is 6.07 Å². The summed E-state index contributed by atoms with van der Waals surface area (Å²) in [6, 6.07) is 3.50. The molecule has 134 valence electrons. The lowest BCUT2D eigenvalue weighted by atomic mass is 10.1. The van der Waals surface area contributed by atoms with Gasteiger partial charge < -0.3 is 19.7 Å². The van der Waals surface area contributed by atoms with Crippen LogP contribution in [-0.2, 0) is 4.74 Å². The van der Waals surface area contributed by atoms with Gasteiger partial charge in [-0.3, -0.25) is 9.69 Å². The van der Waals surface area contributed by atoms with E-state index in [9.17, 15) is 4.79 Å². The Morgan fingerprint density at radius 3 is 2.75 bits per heavy atom. The summed E-state index contributed by atoms with van der Waals surface area (Å²) in [6.07, 6.45) is 0. The van der Waals surface area contributed by atoms with Crippen molar-refractivity contribution in [3.63, 3.8) is 0 Å². The van der Waals surface area contributed by atoms with Crippen molar-refractivity contribution >= 4 is 35.6 Å². The van der Waals surface area contributed by atoms with Gasteiger partial charge in [-0.15, -0.1) is 12.4 Å². The van der Waals surface area contributed by atoms with Gasteiger partial charge >= 0.3 is 0 Å². The molecule has 0 unspecified atom stereocenters. The molecule has 6 nitrogen and oxygen atoms in total. The Kier molecular flexibility index (Phi) is 6.98. The van der Waals surface area contributed by atoms with E-state index >= 15 is 0 Å². The second-order valence-corrected chi connectivity index (χ2v) is 6.22. The van der Waals surface area contributed by atoms with Crippen LogP contribution < -0.4 is 15.0 Å². The number of nitrogens with zero attached hydrogens (tertiary/aromatic N) is 2. The fourth-order valence-corrected chi connectivity index (χ4v) is 3.05. The Morgan fingerprint density at radius 2 is 2.00 bits per heavy atom. The molecule has 2 heterocycles. The fourth-order valence-electron chi connectivity index (χ4n) is 2.84. The molecular formula is C16H23Cl2N3O3. The molecule has 0 aromatic heterocycles. The second kappa shape index (κ2) is 8.76. The maximum absolute atomic E-state index is 12.5. The minimum atomic E-state index is -0.146. The molecule has 0 bridgehead atoms. The van der Waals surface area contributed by atoms with Crippen LogP contribution in [0.15, 0.2) is 12.1 Å². The minimum absolute atomic E-state index is 0. The number of hydrogen-bond donors (Lipinski definition) is 1. The van der Waals surface area contributed by atoms with Gasteiger partial charge in [-0.1, -0.05) is 11.6 Å². The van der Waals surface area contributed by atoms with Crippen molar-refractivity contribution in [1.29, 1.82) is 0 Å². The molecule has 24 heavy (non-hydrogen) atoms. The molecule has 1 aromatic rings. The first-order valence-corrected chi connectivity index (χ1v) is 8.29. The number of fused-ring (bicyclic) bond motifs is 1. The molecule has 2 aliphatic rings. The number of rotatable bonds is 4. The van der Waals surface area contributed by atoms with Crippen LogP contribution in [0.1, 0.15) is 10.4 Å². The van der Waals surface area contributed by atoms with Crippen LogP contribution >= 0.6 is 24.0 Å². The Labute approximate surface area is 153 Å². The molecule has 1 saturated heterocycles. The number of anilines is 1. The Hall–Kier alpha value is -1.21. The molecule has 0 radical (unpaired) electrons. The Morgan fingerprint density at radius 1 is 1.25 bits per heavy atom. The van der Waals surface area contributed by atoms with Crippen LogP contribution in [0.5, 0.6) is 5.75 Å². The third kappa shape index (κ3) is 4.45. The van der Waals surface area contributed by atoms with E-state index in [0.717, 1.165) is 45.1 Å². The summed E-state index contributed by atoms with van der Waals surface area (Å²) < 4.78 is 11.0. The molecule has 1 amide bonds. The largest absolute Gasteiger partial charge is 0.489 e. The first-order valence-electron chi connectivity index (χ1n) is 7.91. The monoisotopic (exact) mass is 375 g/mol. The normalized spacial score (nSPS) is 17.5. The predicted molar refractivity (Wildman–Crippen MR) is 97.1 cm³/mol. The van der Waals surface area contributed by atoms with Crippen molar-refractivity contribution in [1.82, 2.24) is 10.2 Å². The highest BCUT2D eigenvalue weighted by Gasteiger charge is 2.23. The first kappa shape index (κ1) is 19.1. The third-order valence-corrected chi connectivity index (χ3v) is 4.40. The van der Waals surface area contributed by atoms with E-state index < -0.39 is 0 Å². The average molecular weight is 376 g/mol. The number of morpholine rings is 1. The molecule has 0 saturated carbocycles. The molecule has 2 aliphatic heterocycles. The predicted octanol–water partition coefficient (Wildman–Crippen LogP) is 1.65. The molecule has 1 aromatic carbocycles. The summed E-state index contributed by atoms with van der Waals surface area (Å²) in [6.45, 7) is 6.11. The number of carbonyl (C=O) groups is 1. The lowest BCUT2D eigenvalue weighted by Gasteiger charge is -2.29. The number of nitrogens with one attached hydrogen (secondary N) is 1. The summed E-state index contributed by atoms with van der Waals surface area (Å²) in [5.74, 6) is 0.472. The summed E-state index contributed by atoms with van der Waals surface area (Å²) in [5.41, 5.74) is 1.36. The van der Waals surface area contributed by atoms with Gasteiger partial charge in [0, 0.05) is 38.2 Å². The second-order valence-electron chi connectivity index (χ2n) is 5.78. The van der Waals surface area contributed by atoms with E-state index in [4.69, 9.17) is 21.1 Å². The lowest BCUT2D eigenvalue weighted by molar-refractivity contribution is 0.0383. The maximum atomic E-state index is 12.5. The van der Waals surface area contributed by atoms with Crippen LogP contribution in [0.25, 0.3) is 0 Å². The molecule has 0 aliphatic carbocycles. The van der Waals surface area contributed by atoms with E-state index in [0.29, 0.717) is 29.5 Å². The van der Waals surface area contributed by atoms with Crippen molar-refractivity contribution in [3.8, 4) is 5.75 Å². The number of ether oxygens (including phenoxy) is 2. The highest BCUT2D eigenvalue weighted by atomic mass is 35.5. The molecule has 0 spiro atoms. The SMILES string of the molecule is CN1CCOc2c(C(=O)NCCN3CCOCC3)cc(Cl)cc21.Cl. The smallest absolute Gasteiger partial charge is 0.255 e. The average Bonchev–Trinajstić information content (AvgIpc) is 2.56. The number of hydrogen-bond acceptors (Lipinski definition) is 5. The maximum Gasteiger partial charge on any atom is 0.255 e. The van der Waals surface area contributed by atoms with Gasteiger partial charge in [0.25, 0.3) is 5.91 Å². The lowest BCUT2D eigenvalue weighted by Crippen LogP contribution is -2.41. The van der Waals surface area contributed by atoms with Crippen molar-refractivity contribution in [2.45, 2.75) is 0 Å². The summed E-state index contributed by atoms with van der Waals surface area (Å²) in [4.78, 5) is 16.8. The molecule has 8 heteroatoms. The molecule has 1 N–H and O–H groups in total. The molecular weight excluding hydrogens is 353 g/mol. The standard InChI is InChI=1S/C16H22ClN3O3.ClH/c1-19-4-9-23-15-13(10-12(17)11-14(15)19)16(21)18-2-3-20-5-7-22-8-6-20;/h10-11H,2-9H2,1H3,(H,18,21);1H. The zero-order valence-corrected chi connectivity index (χ0v) is 15.3. The summed E-state index contributed by atoms with van der Waals surface area (Å²) in [5, 5.41) is 3.50. The van der Waals surface area contributed by atoms with E-state index in [2.05, 4.69) is 15.1 Å². The van der Waals surface area contributed by atoms with Gasteiger partial charge in [-0.05, 0) is 12.1 Å². The van der Waals surface area contributed by atoms with Gasteiger partial charge in [-0.25, -0.2) is 0 Å². The van der Waals surface area contributed by atoms with Crippen molar-refractivity contribution in [2.24, 2.45) is 0 Å². The third-order valence-electron chi connectivity index (χ3n) is 4.18. The zero-order valence-electron chi connectivity index (χ0n) is 13.7. The quantitative estimate of drug-likeness (QED) is 0.866.